The fraction of sp³-hybridized carbons (Fsp3) is 0.500. The molecule has 0 atom stereocenters. The molecule has 0 amide bonds. The molecule has 0 aliphatic heterocycles. The number of carbonyl (C=O) groups excluding carboxylic acids is 1. The van der Waals surface area contributed by atoms with Crippen LogP contribution in [0.25, 0.3) is 0 Å². The maximum Gasteiger partial charge on any atom is 0.166 e. The normalized spacial score (nSPS) is 15.4. The Morgan fingerprint density at radius 3 is 3.07 bits per heavy atom. The number of hydrogen-bond acceptors (Lipinski definition) is 4. The second kappa shape index (κ2) is 3.84. The van der Waals surface area contributed by atoms with Gasteiger partial charge in [0, 0.05) is 19.0 Å². The van der Waals surface area contributed by atoms with Gasteiger partial charge in [-0.3, -0.25) is 4.79 Å². The predicted molar refractivity (Wildman–Crippen MR) is 52.1 cm³/mol. The van der Waals surface area contributed by atoms with E-state index in [1.807, 2.05) is 0 Å². The highest BCUT2D eigenvalue weighted by atomic mass is 16.1. The van der Waals surface area contributed by atoms with Crippen molar-refractivity contribution >= 4 is 5.78 Å². The summed E-state index contributed by atoms with van der Waals surface area (Å²) >= 11 is 0. The van der Waals surface area contributed by atoms with Crippen LogP contribution in [0.4, 0.5) is 0 Å². The predicted octanol–water partition coefficient (Wildman–Crippen LogP) is 0.497. The number of hydrogen-bond donors (Lipinski definition) is 1. The van der Waals surface area contributed by atoms with Crippen LogP contribution in [0.5, 0.6) is 0 Å². The summed E-state index contributed by atoms with van der Waals surface area (Å²) in [4.78, 5) is 19.9. The van der Waals surface area contributed by atoms with Gasteiger partial charge in [0.05, 0.1) is 11.3 Å². The Morgan fingerprint density at radius 2 is 2.29 bits per heavy atom. The number of carbonyl (C=O) groups is 1. The quantitative estimate of drug-likeness (QED) is 0.739. The Hall–Kier alpha value is -1.29. The van der Waals surface area contributed by atoms with Crippen molar-refractivity contribution in [2.75, 3.05) is 6.54 Å². The minimum absolute atomic E-state index is 0.172. The SMILES string of the molecule is NCCc1ncc2c(n1)CCCC2=O. The number of rotatable bonds is 2. The summed E-state index contributed by atoms with van der Waals surface area (Å²) < 4.78 is 0. The standard InChI is InChI=1S/C10H13N3O/c11-5-4-10-12-6-7-8(13-10)2-1-3-9(7)14/h6H,1-5,11H2. The molecule has 0 radical (unpaired) electrons. The summed E-state index contributed by atoms with van der Waals surface area (Å²) in [7, 11) is 0. The van der Waals surface area contributed by atoms with Crippen molar-refractivity contribution in [3.05, 3.63) is 23.3 Å². The van der Waals surface area contributed by atoms with Crippen LogP contribution in [-0.2, 0) is 12.8 Å². The molecule has 0 saturated heterocycles. The maximum absolute atomic E-state index is 11.4. The average Bonchev–Trinajstić information content (AvgIpc) is 2.18. The Bertz CT molecular complexity index is 362. The Kier molecular flexibility index (Phi) is 2.54. The molecule has 0 bridgehead atoms. The van der Waals surface area contributed by atoms with Crippen molar-refractivity contribution in [2.24, 2.45) is 5.73 Å². The van der Waals surface area contributed by atoms with Gasteiger partial charge in [-0.1, -0.05) is 0 Å². The van der Waals surface area contributed by atoms with Crippen LogP contribution in [0.15, 0.2) is 6.20 Å². The van der Waals surface area contributed by atoms with E-state index in [0.717, 1.165) is 24.4 Å². The Morgan fingerprint density at radius 1 is 1.43 bits per heavy atom. The first-order valence-electron chi connectivity index (χ1n) is 4.89. The summed E-state index contributed by atoms with van der Waals surface area (Å²) in [5, 5.41) is 0. The van der Waals surface area contributed by atoms with Gasteiger partial charge in [-0.05, 0) is 19.4 Å². The highest BCUT2D eigenvalue weighted by Crippen LogP contribution is 2.18. The van der Waals surface area contributed by atoms with Crippen molar-refractivity contribution in [1.29, 1.82) is 0 Å². The van der Waals surface area contributed by atoms with Crippen molar-refractivity contribution in [3.63, 3.8) is 0 Å². The fourth-order valence-corrected chi connectivity index (χ4v) is 1.68. The third-order valence-electron chi connectivity index (χ3n) is 2.40. The number of aromatic nitrogens is 2. The molecule has 14 heavy (non-hydrogen) atoms. The largest absolute Gasteiger partial charge is 0.330 e. The van der Waals surface area contributed by atoms with Gasteiger partial charge in [0.1, 0.15) is 5.82 Å². The van der Waals surface area contributed by atoms with E-state index < -0.39 is 0 Å². The molecule has 0 saturated carbocycles. The van der Waals surface area contributed by atoms with Gasteiger partial charge in [-0.15, -0.1) is 0 Å². The Labute approximate surface area is 82.6 Å². The molecule has 2 N–H and O–H groups in total. The number of Topliss-reactive ketones (excluding diaryl/α,β-unsaturated/α-hetero) is 1. The second-order valence-electron chi connectivity index (χ2n) is 3.46. The maximum atomic E-state index is 11.4. The summed E-state index contributed by atoms with van der Waals surface area (Å²) in [6.07, 6.45) is 4.76. The van der Waals surface area contributed by atoms with Gasteiger partial charge < -0.3 is 5.73 Å². The molecule has 0 fully saturated rings. The second-order valence-corrected chi connectivity index (χ2v) is 3.46. The van der Waals surface area contributed by atoms with Crippen molar-refractivity contribution < 1.29 is 4.79 Å². The molecular formula is C10H13N3O. The zero-order chi connectivity index (χ0) is 9.97. The number of nitrogens with two attached hydrogens (primary N) is 1. The molecule has 1 aliphatic carbocycles. The molecule has 2 rings (SSSR count). The third kappa shape index (κ3) is 1.65. The summed E-state index contributed by atoms with van der Waals surface area (Å²) in [6, 6.07) is 0. The zero-order valence-electron chi connectivity index (χ0n) is 7.99. The van der Waals surface area contributed by atoms with Gasteiger partial charge in [0.25, 0.3) is 0 Å². The van der Waals surface area contributed by atoms with Gasteiger partial charge in [-0.2, -0.15) is 0 Å². The zero-order valence-corrected chi connectivity index (χ0v) is 7.99. The molecule has 1 aromatic rings. The van der Waals surface area contributed by atoms with Gasteiger partial charge in [-0.25, -0.2) is 9.97 Å². The molecule has 4 heteroatoms. The Balaban J connectivity index is 2.34. The molecule has 0 spiro atoms. The van der Waals surface area contributed by atoms with Crippen LogP contribution < -0.4 is 5.73 Å². The first-order chi connectivity index (χ1) is 6.81. The molecule has 0 unspecified atom stereocenters. The molecule has 74 valence electrons. The van der Waals surface area contributed by atoms with Crippen LogP contribution in [0.2, 0.25) is 0 Å². The van der Waals surface area contributed by atoms with Crippen LogP contribution in [0.3, 0.4) is 0 Å². The van der Waals surface area contributed by atoms with Crippen molar-refractivity contribution in [1.82, 2.24) is 9.97 Å². The van der Waals surface area contributed by atoms with E-state index in [2.05, 4.69) is 9.97 Å². The lowest BCUT2D eigenvalue weighted by Crippen LogP contribution is -2.16. The summed E-state index contributed by atoms with van der Waals surface area (Å²) in [5.41, 5.74) is 7.03. The monoisotopic (exact) mass is 191 g/mol. The van der Waals surface area contributed by atoms with E-state index >= 15 is 0 Å². The summed E-state index contributed by atoms with van der Waals surface area (Å²) in [5.74, 6) is 0.923. The number of ketones is 1. The summed E-state index contributed by atoms with van der Waals surface area (Å²) in [6.45, 7) is 0.548. The van der Waals surface area contributed by atoms with Crippen LogP contribution in [-0.4, -0.2) is 22.3 Å². The third-order valence-corrected chi connectivity index (χ3v) is 2.40. The van der Waals surface area contributed by atoms with Gasteiger partial charge >= 0.3 is 0 Å². The average molecular weight is 191 g/mol. The van der Waals surface area contributed by atoms with E-state index in [9.17, 15) is 4.79 Å². The van der Waals surface area contributed by atoms with E-state index in [1.54, 1.807) is 6.20 Å². The smallest absolute Gasteiger partial charge is 0.166 e. The molecular weight excluding hydrogens is 178 g/mol. The van der Waals surface area contributed by atoms with Gasteiger partial charge in [0.2, 0.25) is 0 Å². The van der Waals surface area contributed by atoms with Crippen LogP contribution in [0.1, 0.15) is 34.7 Å². The lowest BCUT2D eigenvalue weighted by atomic mass is 9.96. The van der Waals surface area contributed by atoms with E-state index in [0.29, 0.717) is 24.9 Å². The highest BCUT2D eigenvalue weighted by molar-refractivity contribution is 5.97. The number of fused-ring (bicyclic) bond motifs is 1. The van der Waals surface area contributed by atoms with E-state index in [4.69, 9.17) is 5.73 Å². The van der Waals surface area contributed by atoms with Crippen LogP contribution >= 0.6 is 0 Å². The van der Waals surface area contributed by atoms with Crippen LogP contribution in [0, 0.1) is 0 Å². The number of nitrogens with zero attached hydrogens (tertiary/aromatic N) is 2. The molecule has 1 heterocycles. The first kappa shape index (κ1) is 9.27. The van der Waals surface area contributed by atoms with Gasteiger partial charge in [0.15, 0.2) is 5.78 Å². The molecule has 1 aliphatic rings. The first-order valence-corrected chi connectivity index (χ1v) is 4.89. The highest BCUT2D eigenvalue weighted by Gasteiger charge is 2.18. The van der Waals surface area contributed by atoms with E-state index in [1.165, 1.54) is 0 Å². The lowest BCUT2D eigenvalue weighted by Gasteiger charge is -2.13. The molecule has 0 aromatic carbocycles. The van der Waals surface area contributed by atoms with Crippen molar-refractivity contribution in [3.8, 4) is 0 Å². The molecule has 1 aromatic heterocycles. The fourth-order valence-electron chi connectivity index (χ4n) is 1.68. The minimum atomic E-state index is 0.172. The minimum Gasteiger partial charge on any atom is -0.330 e. The topological polar surface area (TPSA) is 68.9 Å². The molecule has 4 nitrogen and oxygen atoms in total. The van der Waals surface area contributed by atoms with Crippen molar-refractivity contribution in [2.45, 2.75) is 25.7 Å². The lowest BCUT2D eigenvalue weighted by molar-refractivity contribution is 0.0971. The van der Waals surface area contributed by atoms with E-state index in [-0.39, 0.29) is 5.78 Å². The number of aryl methyl sites for hydroxylation is 1.